The average molecular weight is 164 g/mol. The van der Waals surface area contributed by atoms with Gasteiger partial charge in [0.25, 0.3) is 0 Å². The summed E-state index contributed by atoms with van der Waals surface area (Å²) in [7, 11) is -0.778. The summed E-state index contributed by atoms with van der Waals surface area (Å²) in [6.07, 6.45) is 0.898. The summed E-state index contributed by atoms with van der Waals surface area (Å²) in [6, 6.07) is 0. The van der Waals surface area contributed by atoms with Gasteiger partial charge in [-0.25, -0.2) is 0 Å². The number of carbonyl (C=O) groups excluding carboxylic acids is 1. The first-order valence-corrected chi connectivity index (χ1v) is 4.40. The van der Waals surface area contributed by atoms with Crippen LogP contribution in [0, 0.1) is 0 Å². The second-order valence-electron chi connectivity index (χ2n) is 2.04. The van der Waals surface area contributed by atoms with E-state index in [-0.39, 0.29) is 5.97 Å². The molecule has 1 fully saturated rings. The molecule has 1 aliphatic heterocycles. The quantitative estimate of drug-likeness (QED) is 0.446. The molecule has 0 N–H and O–H groups in total. The lowest BCUT2D eigenvalue weighted by Gasteiger charge is -2.05. The fourth-order valence-corrected chi connectivity index (χ4v) is 1.69. The Bertz CT molecular complexity index is 167. The number of carbonyl (C=O) groups is 1. The first-order valence-electron chi connectivity index (χ1n) is 3.01. The maximum Gasteiger partial charge on any atom is 0.306 e. The van der Waals surface area contributed by atoms with E-state index in [2.05, 4.69) is 9.26 Å². The molecule has 0 saturated carbocycles. The highest BCUT2D eigenvalue weighted by Crippen LogP contribution is 2.36. The summed E-state index contributed by atoms with van der Waals surface area (Å²) in [4.78, 5) is 10.5. The van der Waals surface area contributed by atoms with Crippen molar-refractivity contribution in [2.75, 3.05) is 7.11 Å². The van der Waals surface area contributed by atoms with Crippen molar-refractivity contribution in [3.63, 3.8) is 0 Å². The molecule has 1 heterocycles. The number of hydrogen-bond donors (Lipinski definition) is 0. The molecule has 10 heavy (non-hydrogen) atoms. The summed E-state index contributed by atoms with van der Waals surface area (Å²) in [6.45, 7) is 0. The van der Waals surface area contributed by atoms with E-state index in [1.807, 2.05) is 0 Å². The molecule has 2 unspecified atom stereocenters. The van der Waals surface area contributed by atoms with Crippen LogP contribution in [0.3, 0.4) is 0 Å². The standard InChI is InChI=1S/C5H9O4P/c1-8-10(7)5-3-2-4(6)9-5/h5,10H,2-3H2,1H3. The van der Waals surface area contributed by atoms with Gasteiger partial charge in [-0.1, -0.05) is 0 Å². The van der Waals surface area contributed by atoms with Gasteiger partial charge in [-0.15, -0.1) is 0 Å². The maximum atomic E-state index is 10.8. The lowest BCUT2D eigenvalue weighted by Crippen LogP contribution is -2.01. The molecule has 1 rings (SSSR count). The van der Waals surface area contributed by atoms with Crippen LogP contribution in [-0.4, -0.2) is 18.9 Å². The first-order chi connectivity index (χ1) is 4.74. The van der Waals surface area contributed by atoms with Crippen LogP contribution in [0.1, 0.15) is 12.8 Å². The second-order valence-corrected chi connectivity index (χ2v) is 3.73. The molecule has 2 atom stereocenters. The smallest absolute Gasteiger partial charge is 0.306 e. The van der Waals surface area contributed by atoms with Crippen LogP contribution in [0.15, 0.2) is 0 Å². The van der Waals surface area contributed by atoms with E-state index in [0.29, 0.717) is 12.8 Å². The van der Waals surface area contributed by atoms with Crippen LogP contribution in [0.5, 0.6) is 0 Å². The number of cyclic esters (lactones) is 1. The first kappa shape index (κ1) is 7.76. The maximum absolute atomic E-state index is 10.8. The monoisotopic (exact) mass is 164 g/mol. The highest BCUT2D eigenvalue weighted by molar-refractivity contribution is 7.39. The molecule has 0 aliphatic carbocycles. The van der Waals surface area contributed by atoms with Gasteiger partial charge in [0.15, 0.2) is 5.85 Å². The lowest BCUT2D eigenvalue weighted by molar-refractivity contribution is -0.139. The third-order valence-corrected chi connectivity index (χ3v) is 2.68. The van der Waals surface area contributed by atoms with Gasteiger partial charge in [0.2, 0.25) is 8.03 Å². The van der Waals surface area contributed by atoms with Crippen molar-refractivity contribution in [3.05, 3.63) is 0 Å². The summed E-state index contributed by atoms with van der Waals surface area (Å²) in [5.74, 6) is -0.747. The highest BCUT2D eigenvalue weighted by Gasteiger charge is 2.27. The summed E-state index contributed by atoms with van der Waals surface area (Å²) < 4.78 is 20.1. The van der Waals surface area contributed by atoms with Gasteiger partial charge >= 0.3 is 5.97 Å². The zero-order valence-corrected chi connectivity index (χ0v) is 6.62. The third kappa shape index (κ3) is 1.58. The predicted molar refractivity (Wildman–Crippen MR) is 35.1 cm³/mol. The van der Waals surface area contributed by atoms with Crippen LogP contribution in [0.2, 0.25) is 0 Å². The van der Waals surface area contributed by atoms with Crippen LogP contribution in [0.4, 0.5) is 0 Å². The van der Waals surface area contributed by atoms with Crippen molar-refractivity contribution in [2.24, 2.45) is 0 Å². The normalized spacial score (nSPS) is 28.1. The van der Waals surface area contributed by atoms with E-state index in [1.165, 1.54) is 7.11 Å². The summed E-state index contributed by atoms with van der Waals surface area (Å²) in [5.41, 5.74) is 0. The van der Waals surface area contributed by atoms with Crippen molar-refractivity contribution < 1.29 is 18.6 Å². The van der Waals surface area contributed by atoms with Crippen molar-refractivity contribution >= 4 is 14.0 Å². The molecule has 4 nitrogen and oxygen atoms in total. The molecule has 0 radical (unpaired) electrons. The van der Waals surface area contributed by atoms with Gasteiger partial charge in [-0.05, 0) is 0 Å². The van der Waals surface area contributed by atoms with Crippen molar-refractivity contribution in [2.45, 2.75) is 18.7 Å². The summed E-state index contributed by atoms with van der Waals surface area (Å²) in [5, 5.41) is 0. The minimum absolute atomic E-state index is 0.277. The Labute approximate surface area is 59.4 Å². The average Bonchev–Trinajstić information content (AvgIpc) is 2.34. The molecule has 58 valence electrons. The predicted octanol–water partition coefficient (Wildman–Crippen LogP) is 0.771. The van der Waals surface area contributed by atoms with Gasteiger partial charge in [0.05, 0.1) is 0 Å². The van der Waals surface area contributed by atoms with Gasteiger partial charge in [-0.2, -0.15) is 0 Å². The minimum Gasteiger partial charge on any atom is -0.452 e. The van der Waals surface area contributed by atoms with Gasteiger partial charge in [0, 0.05) is 20.0 Å². The molecule has 0 amide bonds. The van der Waals surface area contributed by atoms with Crippen LogP contribution >= 0.6 is 8.03 Å². The molecular formula is C5H9O4P. The zero-order chi connectivity index (χ0) is 7.56. The SMILES string of the molecule is CO[PH](=O)C1CCC(=O)O1. The van der Waals surface area contributed by atoms with Crippen molar-refractivity contribution in [1.29, 1.82) is 0 Å². The number of rotatable bonds is 2. The number of esters is 1. The van der Waals surface area contributed by atoms with Crippen molar-refractivity contribution in [3.8, 4) is 0 Å². The van der Waals surface area contributed by atoms with Gasteiger partial charge in [0.1, 0.15) is 0 Å². The highest BCUT2D eigenvalue weighted by atomic mass is 31.1. The van der Waals surface area contributed by atoms with Gasteiger partial charge < -0.3 is 9.26 Å². The summed E-state index contributed by atoms with van der Waals surface area (Å²) >= 11 is 0. The van der Waals surface area contributed by atoms with E-state index in [9.17, 15) is 9.36 Å². The zero-order valence-electron chi connectivity index (χ0n) is 5.62. The second kappa shape index (κ2) is 3.17. The van der Waals surface area contributed by atoms with Crippen LogP contribution in [-0.2, 0) is 18.6 Å². The van der Waals surface area contributed by atoms with E-state index in [0.717, 1.165) is 0 Å². The molecule has 5 heteroatoms. The molecule has 1 aliphatic rings. The van der Waals surface area contributed by atoms with Crippen LogP contribution < -0.4 is 0 Å². The number of ether oxygens (including phenoxy) is 1. The lowest BCUT2D eigenvalue weighted by atomic mass is 10.4. The minimum atomic E-state index is -2.13. The molecule has 0 aromatic rings. The Balaban J connectivity index is 2.44. The molecule has 0 aromatic carbocycles. The van der Waals surface area contributed by atoms with Gasteiger partial charge in [-0.3, -0.25) is 9.36 Å². The fourth-order valence-electron chi connectivity index (χ4n) is 0.823. The molecule has 0 aromatic heterocycles. The Morgan fingerprint density at radius 1 is 1.80 bits per heavy atom. The van der Waals surface area contributed by atoms with E-state index >= 15 is 0 Å². The topological polar surface area (TPSA) is 52.6 Å². The van der Waals surface area contributed by atoms with Crippen molar-refractivity contribution in [1.82, 2.24) is 0 Å². The molecular weight excluding hydrogens is 155 g/mol. The number of hydrogen-bond acceptors (Lipinski definition) is 4. The third-order valence-electron chi connectivity index (χ3n) is 1.35. The Morgan fingerprint density at radius 3 is 2.90 bits per heavy atom. The fraction of sp³-hybridized carbons (Fsp3) is 0.800. The molecule has 0 bridgehead atoms. The van der Waals surface area contributed by atoms with Crippen LogP contribution in [0.25, 0.3) is 0 Å². The molecule has 1 saturated heterocycles. The molecule has 0 spiro atoms. The largest absolute Gasteiger partial charge is 0.452 e. The Hall–Kier alpha value is -0.340. The van der Waals surface area contributed by atoms with E-state index < -0.39 is 13.9 Å². The Kier molecular flexibility index (Phi) is 2.46. The Morgan fingerprint density at radius 2 is 2.50 bits per heavy atom. The van der Waals surface area contributed by atoms with E-state index in [1.54, 1.807) is 0 Å². The van der Waals surface area contributed by atoms with E-state index in [4.69, 9.17) is 0 Å².